The summed E-state index contributed by atoms with van der Waals surface area (Å²) in [5, 5.41) is 14.3. The maximum absolute atomic E-state index is 12.4. The number of carbonyl (C=O) groups is 3. The Balaban J connectivity index is 2.85. The predicted octanol–water partition coefficient (Wildman–Crippen LogP) is 0.946. The Labute approximate surface area is 136 Å². The summed E-state index contributed by atoms with van der Waals surface area (Å²) in [4.78, 5) is 35.1. The van der Waals surface area contributed by atoms with Crippen LogP contribution >= 0.6 is 0 Å². The first-order valence-electron chi connectivity index (χ1n) is 8.01. The summed E-state index contributed by atoms with van der Waals surface area (Å²) in [6.45, 7) is 4.97. The zero-order chi connectivity index (χ0) is 17.6. The standard InChI is InChI=1S/C15H27N3O5/c1-4-11-7-5-6-8-15(11,23-14(21)22)18-13(20)10(3)17-12(19)9(2)16/h9-11H,4-8,16H2,1-3H3,(H,17,19)(H,18,20)(H,21,22)/t9-,10-,11?,15?/m0/s1. The fraction of sp³-hybridized carbons (Fsp3) is 0.800. The minimum Gasteiger partial charge on any atom is -0.450 e. The highest BCUT2D eigenvalue weighted by atomic mass is 16.7. The second-order valence-electron chi connectivity index (χ2n) is 6.12. The van der Waals surface area contributed by atoms with Crippen LogP contribution < -0.4 is 16.4 Å². The fourth-order valence-electron chi connectivity index (χ4n) is 2.96. The summed E-state index contributed by atoms with van der Waals surface area (Å²) in [7, 11) is 0. The second kappa shape index (κ2) is 8.14. The molecule has 1 rings (SSSR count). The van der Waals surface area contributed by atoms with E-state index in [0.29, 0.717) is 12.8 Å². The molecule has 1 aliphatic carbocycles. The molecule has 23 heavy (non-hydrogen) atoms. The molecule has 0 aromatic rings. The molecule has 2 unspecified atom stereocenters. The molecular weight excluding hydrogens is 302 g/mol. The van der Waals surface area contributed by atoms with E-state index in [1.54, 1.807) is 0 Å². The van der Waals surface area contributed by atoms with Crippen LogP contribution in [0.5, 0.6) is 0 Å². The number of nitrogens with two attached hydrogens (primary N) is 1. The molecule has 0 aromatic carbocycles. The van der Waals surface area contributed by atoms with E-state index in [0.717, 1.165) is 19.3 Å². The summed E-state index contributed by atoms with van der Waals surface area (Å²) in [6, 6.07) is -1.56. The summed E-state index contributed by atoms with van der Waals surface area (Å²) in [6.07, 6.45) is 2.22. The van der Waals surface area contributed by atoms with Crippen LogP contribution in [0.2, 0.25) is 0 Å². The van der Waals surface area contributed by atoms with Gasteiger partial charge in [0.25, 0.3) is 0 Å². The number of ether oxygens (including phenoxy) is 1. The molecule has 0 spiro atoms. The van der Waals surface area contributed by atoms with E-state index in [2.05, 4.69) is 10.6 Å². The minimum atomic E-state index is -1.42. The van der Waals surface area contributed by atoms with Gasteiger partial charge in [0.15, 0.2) is 5.72 Å². The van der Waals surface area contributed by atoms with Crippen molar-refractivity contribution in [1.29, 1.82) is 0 Å². The molecule has 5 N–H and O–H groups in total. The van der Waals surface area contributed by atoms with Gasteiger partial charge in [0.05, 0.1) is 6.04 Å². The van der Waals surface area contributed by atoms with Gasteiger partial charge in [-0.05, 0) is 33.1 Å². The van der Waals surface area contributed by atoms with E-state index in [4.69, 9.17) is 15.6 Å². The van der Waals surface area contributed by atoms with Crippen molar-refractivity contribution in [2.75, 3.05) is 0 Å². The highest BCUT2D eigenvalue weighted by molar-refractivity contribution is 5.89. The van der Waals surface area contributed by atoms with Crippen molar-refractivity contribution in [2.45, 2.75) is 70.7 Å². The molecule has 0 aliphatic heterocycles. The van der Waals surface area contributed by atoms with E-state index >= 15 is 0 Å². The third-order valence-electron chi connectivity index (χ3n) is 4.27. The molecule has 8 heteroatoms. The maximum Gasteiger partial charge on any atom is 0.507 e. The van der Waals surface area contributed by atoms with Crippen LogP contribution in [0.4, 0.5) is 4.79 Å². The molecule has 1 fully saturated rings. The van der Waals surface area contributed by atoms with Crippen LogP contribution in [0, 0.1) is 5.92 Å². The van der Waals surface area contributed by atoms with Gasteiger partial charge < -0.3 is 26.2 Å². The largest absolute Gasteiger partial charge is 0.507 e. The van der Waals surface area contributed by atoms with Crippen molar-refractivity contribution in [1.82, 2.24) is 10.6 Å². The number of hydrogen-bond donors (Lipinski definition) is 4. The van der Waals surface area contributed by atoms with Crippen molar-refractivity contribution in [3.05, 3.63) is 0 Å². The smallest absolute Gasteiger partial charge is 0.450 e. The first kappa shape index (κ1) is 19.2. The molecular formula is C15H27N3O5. The number of carbonyl (C=O) groups excluding carboxylic acids is 2. The monoisotopic (exact) mass is 329 g/mol. The van der Waals surface area contributed by atoms with Crippen LogP contribution in [0.15, 0.2) is 0 Å². The summed E-state index contributed by atoms with van der Waals surface area (Å²) in [5.74, 6) is -1.02. The summed E-state index contributed by atoms with van der Waals surface area (Å²) >= 11 is 0. The highest BCUT2D eigenvalue weighted by Crippen LogP contribution is 2.37. The zero-order valence-corrected chi connectivity index (χ0v) is 13.9. The first-order chi connectivity index (χ1) is 10.7. The molecule has 4 atom stereocenters. The predicted molar refractivity (Wildman–Crippen MR) is 83.5 cm³/mol. The van der Waals surface area contributed by atoms with E-state index in [-0.39, 0.29) is 5.92 Å². The lowest BCUT2D eigenvalue weighted by Gasteiger charge is -2.43. The van der Waals surface area contributed by atoms with Crippen molar-refractivity contribution in [3.8, 4) is 0 Å². The molecule has 2 amide bonds. The van der Waals surface area contributed by atoms with Gasteiger partial charge in [0.2, 0.25) is 11.8 Å². The van der Waals surface area contributed by atoms with Gasteiger partial charge in [-0.15, -0.1) is 0 Å². The highest BCUT2D eigenvalue weighted by Gasteiger charge is 2.45. The van der Waals surface area contributed by atoms with E-state index in [1.807, 2.05) is 6.92 Å². The SMILES string of the molecule is CCC1CCCCC1(NC(=O)[C@H](C)NC(=O)[C@H](C)N)OC(=O)O. The average Bonchev–Trinajstić information content (AvgIpc) is 2.46. The minimum absolute atomic E-state index is 0.0902. The van der Waals surface area contributed by atoms with Crippen molar-refractivity contribution < 1.29 is 24.2 Å². The molecule has 0 aromatic heterocycles. The number of amides is 2. The number of carboxylic acid groups (broad SMARTS) is 1. The first-order valence-corrected chi connectivity index (χ1v) is 8.01. The quantitative estimate of drug-likeness (QED) is 0.424. The van der Waals surface area contributed by atoms with Gasteiger partial charge >= 0.3 is 6.16 Å². The molecule has 132 valence electrons. The maximum atomic E-state index is 12.4. The van der Waals surface area contributed by atoms with Gasteiger partial charge in [0.1, 0.15) is 6.04 Å². The van der Waals surface area contributed by atoms with Gasteiger partial charge in [-0.1, -0.05) is 13.3 Å². The Hall–Kier alpha value is -1.83. The van der Waals surface area contributed by atoms with Crippen LogP contribution in [0.1, 0.15) is 52.9 Å². The Kier molecular flexibility index (Phi) is 6.80. The van der Waals surface area contributed by atoms with Crippen LogP contribution in [-0.4, -0.2) is 40.9 Å². The normalized spacial score (nSPS) is 26.7. The lowest BCUT2D eigenvalue weighted by atomic mass is 9.79. The van der Waals surface area contributed by atoms with E-state index < -0.39 is 35.8 Å². The number of rotatable bonds is 6. The molecule has 0 radical (unpaired) electrons. The van der Waals surface area contributed by atoms with Gasteiger partial charge in [0, 0.05) is 12.3 Å². The second-order valence-corrected chi connectivity index (χ2v) is 6.12. The Morgan fingerprint density at radius 1 is 1.30 bits per heavy atom. The Morgan fingerprint density at radius 3 is 2.48 bits per heavy atom. The molecule has 1 saturated carbocycles. The van der Waals surface area contributed by atoms with Crippen molar-refractivity contribution in [3.63, 3.8) is 0 Å². The average molecular weight is 329 g/mol. The van der Waals surface area contributed by atoms with Crippen molar-refractivity contribution >= 4 is 18.0 Å². The third kappa shape index (κ3) is 5.09. The van der Waals surface area contributed by atoms with E-state index in [9.17, 15) is 14.4 Å². The third-order valence-corrected chi connectivity index (χ3v) is 4.27. The molecule has 8 nitrogen and oxygen atoms in total. The van der Waals surface area contributed by atoms with Crippen LogP contribution in [-0.2, 0) is 14.3 Å². The van der Waals surface area contributed by atoms with Crippen LogP contribution in [0.25, 0.3) is 0 Å². The summed E-state index contributed by atoms with van der Waals surface area (Å²) < 4.78 is 5.10. The fourth-order valence-corrected chi connectivity index (χ4v) is 2.96. The zero-order valence-electron chi connectivity index (χ0n) is 13.9. The van der Waals surface area contributed by atoms with Gasteiger partial charge in [-0.25, -0.2) is 4.79 Å². The Morgan fingerprint density at radius 2 is 1.96 bits per heavy atom. The van der Waals surface area contributed by atoms with Gasteiger partial charge in [-0.3, -0.25) is 9.59 Å². The summed E-state index contributed by atoms with van der Waals surface area (Å²) in [5.41, 5.74) is 4.23. The molecule has 0 bridgehead atoms. The Bertz CT molecular complexity index is 454. The lowest BCUT2D eigenvalue weighted by Crippen LogP contribution is -2.61. The molecule has 1 aliphatic rings. The van der Waals surface area contributed by atoms with Gasteiger partial charge in [-0.2, -0.15) is 0 Å². The van der Waals surface area contributed by atoms with E-state index in [1.165, 1.54) is 13.8 Å². The molecule has 0 heterocycles. The topological polar surface area (TPSA) is 131 Å². The van der Waals surface area contributed by atoms with Crippen molar-refractivity contribution in [2.24, 2.45) is 11.7 Å². The lowest BCUT2D eigenvalue weighted by molar-refractivity contribution is -0.144. The molecule has 0 saturated heterocycles. The van der Waals surface area contributed by atoms with Crippen LogP contribution in [0.3, 0.4) is 0 Å². The number of hydrogen-bond acceptors (Lipinski definition) is 5. The number of nitrogens with one attached hydrogen (secondary N) is 2.